The average Bonchev–Trinajstić information content (AvgIpc) is 2.93. The molecule has 0 spiro atoms. The first kappa shape index (κ1) is 14.7. The zero-order chi connectivity index (χ0) is 14.5. The fourth-order valence-electron chi connectivity index (χ4n) is 2.13. The summed E-state index contributed by atoms with van der Waals surface area (Å²) in [6, 6.07) is 10.8. The van der Waals surface area contributed by atoms with Gasteiger partial charge in [0.2, 0.25) is 0 Å². The van der Waals surface area contributed by atoms with Crippen LogP contribution in [0.4, 0.5) is 4.39 Å². The van der Waals surface area contributed by atoms with E-state index in [9.17, 15) is 4.39 Å². The predicted octanol–water partition coefficient (Wildman–Crippen LogP) is 4.49. The summed E-state index contributed by atoms with van der Waals surface area (Å²) in [5.41, 5.74) is 1.93. The van der Waals surface area contributed by atoms with Gasteiger partial charge in [-0.15, -0.1) is 11.3 Å². The van der Waals surface area contributed by atoms with Gasteiger partial charge in [0, 0.05) is 10.9 Å². The van der Waals surface area contributed by atoms with Gasteiger partial charge in [-0.2, -0.15) is 5.26 Å². The molecule has 1 heterocycles. The topological polar surface area (TPSA) is 35.8 Å². The van der Waals surface area contributed by atoms with Crippen LogP contribution >= 0.6 is 11.3 Å². The number of nitriles is 1. The van der Waals surface area contributed by atoms with Crippen molar-refractivity contribution >= 4 is 11.3 Å². The molecule has 1 aromatic carbocycles. The largest absolute Gasteiger partial charge is 0.310 e. The summed E-state index contributed by atoms with van der Waals surface area (Å²) in [7, 11) is 0. The molecular weight excluding hydrogens is 271 g/mol. The average molecular weight is 288 g/mol. The molecule has 2 rings (SSSR count). The summed E-state index contributed by atoms with van der Waals surface area (Å²) >= 11 is 1.39. The smallest absolute Gasteiger partial charge is 0.123 e. The third kappa shape index (κ3) is 3.24. The highest BCUT2D eigenvalue weighted by Crippen LogP contribution is 2.33. The lowest BCUT2D eigenvalue weighted by atomic mass is 10.00. The van der Waals surface area contributed by atoms with E-state index in [4.69, 9.17) is 5.26 Å². The Morgan fingerprint density at radius 2 is 2.15 bits per heavy atom. The second-order valence-electron chi connectivity index (χ2n) is 4.68. The van der Waals surface area contributed by atoms with Crippen molar-refractivity contribution in [1.82, 2.24) is 5.32 Å². The Hall–Kier alpha value is -1.70. The Morgan fingerprint density at radius 1 is 1.35 bits per heavy atom. The molecular formula is C16H17FN2S. The molecule has 2 nitrogen and oxygen atoms in total. The van der Waals surface area contributed by atoms with Crippen LogP contribution in [-0.4, -0.2) is 6.54 Å². The van der Waals surface area contributed by atoms with Crippen molar-refractivity contribution in [2.75, 3.05) is 6.54 Å². The maximum Gasteiger partial charge on any atom is 0.123 e. The molecule has 0 saturated carbocycles. The minimum atomic E-state index is -0.252. The van der Waals surface area contributed by atoms with Crippen LogP contribution < -0.4 is 5.32 Å². The molecule has 0 aliphatic heterocycles. The molecule has 0 amide bonds. The second-order valence-corrected chi connectivity index (χ2v) is 5.77. The number of nitrogens with zero attached hydrogens (tertiary/aromatic N) is 1. The zero-order valence-electron chi connectivity index (χ0n) is 11.6. The van der Waals surface area contributed by atoms with E-state index in [1.54, 1.807) is 12.1 Å². The van der Waals surface area contributed by atoms with Gasteiger partial charge >= 0.3 is 0 Å². The number of hydrogen-bond donors (Lipinski definition) is 1. The summed E-state index contributed by atoms with van der Waals surface area (Å²) in [4.78, 5) is 1.57. The second kappa shape index (κ2) is 6.65. The van der Waals surface area contributed by atoms with Crippen molar-refractivity contribution in [3.63, 3.8) is 0 Å². The van der Waals surface area contributed by atoms with Gasteiger partial charge in [-0.3, -0.25) is 0 Å². The van der Waals surface area contributed by atoms with Crippen LogP contribution in [0.25, 0.3) is 10.4 Å². The van der Waals surface area contributed by atoms with E-state index in [0.29, 0.717) is 4.88 Å². The third-order valence-electron chi connectivity index (χ3n) is 3.16. The molecule has 0 aliphatic rings. The van der Waals surface area contributed by atoms with Crippen LogP contribution in [0.2, 0.25) is 0 Å². The van der Waals surface area contributed by atoms with Crippen molar-refractivity contribution in [2.45, 2.75) is 26.3 Å². The number of halogens is 1. The van der Waals surface area contributed by atoms with Gasteiger partial charge in [0.15, 0.2) is 0 Å². The van der Waals surface area contributed by atoms with E-state index < -0.39 is 0 Å². The molecule has 0 saturated heterocycles. The Balaban J connectivity index is 2.40. The monoisotopic (exact) mass is 288 g/mol. The zero-order valence-corrected chi connectivity index (χ0v) is 12.4. The summed E-state index contributed by atoms with van der Waals surface area (Å²) in [5.74, 6) is -0.252. The van der Waals surface area contributed by atoms with Crippen LogP contribution in [-0.2, 0) is 0 Å². The Bertz CT molecular complexity index is 628. The minimum Gasteiger partial charge on any atom is -0.310 e. The maximum absolute atomic E-state index is 13.6. The fraction of sp³-hybridized carbons (Fsp3) is 0.312. The van der Waals surface area contributed by atoms with Gasteiger partial charge in [-0.25, -0.2) is 4.39 Å². The van der Waals surface area contributed by atoms with Crippen LogP contribution in [0.15, 0.2) is 30.3 Å². The molecule has 1 aromatic heterocycles. The number of rotatable bonds is 5. The van der Waals surface area contributed by atoms with Gasteiger partial charge in [0.25, 0.3) is 0 Å². The van der Waals surface area contributed by atoms with E-state index in [1.807, 2.05) is 12.1 Å². The maximum atomic E-state index is 13.6. The van der Waals surface area contributed by atoms with Gasteiger partial charge in [-0.1, -0.05) is 13.0 Å². The third-order valence-corrected chi connectivity index (χ3v) is 4.19. The van der Waals surface area contributed by atoms with Crippen molar-refractivity contribution in [3.8, 4) is 16.5 Å². The van der Waals surface area contributed by atoms with E-state index in [2.05, 4.69) is 25.2 Å². The minimum absolute atomic E-state index is 0.151. The Labute approximate surface area is 122 Å². The van der Waals surface area contributed by atoms with Gasteiger partial charge in [0.05, 0.1) is 0 Å². The number of hydrogen-bond acceptors (Lipinski definition) is 3. The van der Waals surface area contributed by atoms with Crippen molar-refractivity contribution < 1.29 is 4.39 Å². The molecule has 104 valence electrons. The lowest BCUT2D eigenvalue weighted by molar-refractivity contribution is 0.569. The number of thiophene rings is 1. The normalized spacial score (nSPS) is 12.1. The molecule has 1 unspecified atom stereocenters. The summed E-state index contributed by atoms with van der Waals surface area (Å²) < 4.78 is 13.6. The highest BCUT2D eigenvalue weighted by Gasteiger charge is 2.14. The van der Waals surface area contributed by atoms with Gasteiger partial charge < -0.3 is 5.32 Å². The van der Waals surface area contributed by atoms with E-state index in [0.717, 1.165) is 29.0 Å². The Morgan fingerprint density at radius 3 is 2.80 bits per heavy atom. The quantitative estimate of drug-likeness (QED) is 0.880. The standard InChI is InChI=1S/C16H17FN2S/c1-3-8-19-11(2)14-6-4-12(17)9-15(14)16-7-5-13(10-18)20-16/h4-7,9,11,19H,3,8H2,1-2H3. The Kier molecular flexibility index (Phi) is 4.89. The number of nitrogens with one attached hydrogen (secondary N) is 1. The molecule has 0 aliphatic carbocycles. The molecule has 4 heteroatoms. The molecule has 1 atom stereocenters. The lowest BCUT2D eigenvalue weighted by Crippen LogP contribution is -2.19. The highest BCUT2D eigenvalue weighted by molar-refractivity contribution is 7.16. The first-order valence-corrected chi connectivity index (χ1v) is 7.50. The van der Waals surface area contributed by atoms with Crippen LogP contribution in [0.3, 0.4) is 0 Å². The molecule has 2 aromatic rings. The molecule has 0 radical (unpaired) electrons. The predicted molar refractivity (Wildman–Crippen MR) is 81.1 cm³/mol. The van der Waals surface area contributed by atoms with Crippen molar-refractivity contribution in [3.05, 3.63) is 46.6 Å². The van der Waals surface area contributed by atoms with Crippen molar-refractivity contribution in [2.24, 2.45) is 0 Å². The molecule has 1 N–H and O–H groups in total. The van der Waals surface area contributed by atoms with Crippen LogP contribution in [0.1, 0.15) is 36.8 Å². The van der Waals surface area contributed by atoms with Gasteiger partial charge in [0.1, 0.15) is 16.8 Å². The summed E-state index contributed by atoms with van der Waals surface area (Å²) in [5, 5.41) is 12.3. The molecule has 20 heavy (non-hydrogen) atoms. The van der Waals surface area contributed by atoms with Crippen LogP contribution in [0.5, 0.6) is 0 Å². The van der Waals surface area contributed by atoms with Crippen molar-refractivity contribution in [1.29, 1.82) is 5.26 Å². The SMILES string of the molecule is CCCNC(C)c1ccc(F)cc1-c1ccc(C#N)s1. The number of benzene rings is 1. The lowest BCUT2D eigenvalue weighted by Gasteiger charge is -2.17. The fourth-order valence-corrected chi connectivity index (χ4v) is 2.97. The first-order valence-electron chi connectivity index (χ1n) is 6.68. The summed E-state index contributed by atoms with van der Waals surface area (Å²) in [6.45, 7) is 5.11. The van der Waals surface area contributed by atoms with E-state index in [1.165, 1.54) is 17.4 Å². The first-order chi connectivity index (χ1) is 9.65. The van der Waals surface area contributed by atoms with E-state index in [-0.39, 0.29) is 11.9 Å². The van der Waals surface area contributed by atoms with Gasteiger partial charge in [-0.05, 0) is 55.3 Å². The van der Waals surface area contributed by atoms with Crippen LogP contribution in [0, 0.1) is 17.1 Å². The highest BCUT2D eigenvalue weighted by atomic mass is 32.1. The summed E-state index contributed by atoms with van der Waals surface area (Å²) in [6.07, 6.45) is 1.05. The van der Waals surface area contributed by atoms with E-state index >= 15 is 0 Å². The molecule has 0 fully saturated rings. The molecule has 0 bridgehead atoms.